The van der Waals surface area contributed by atoms with Crippen LogP contribution in [0.25, 0.3) is 0 Å². The van der Waals surface area contributed by atoms with Crippen LogP contribution in [0.2, 0.25) is 0 Å². The molecule has 0 saturated carbocycles. The number of ether oxygens (including phenoxy) is 8. The van der Waals surface area contributed by atoms with Gasteiger partial charge < -0.3 is 73.6 Å². The smallest absolute Gasteiger partial charge is 0.229 e. The largest absolute Gasteiger partial charge is 0.504 e. The molecule has 14 atom stereocenters. The molecule has 4 heterocycles. The van der Waals surface area contributed by atoms with E-state index >= 15 is 0 Å². The average Bonchev–Trinajstić information content (AvgIpc) is 3.69. The zero-order chi connectivity index (χ0) is 33.6. The minimum Gasteiger partial charge on any atom is -0.504 e. The van der Waals surface area contributed by atoms with Crippen LogP contribution in [-0.4, -0.2) is 131 Å². The first-order valence-electron chi connectivity index (χ1n) is 15.5. The Kier molecular flexibility index (Phi) is 10.1. The number of fused-ring (bicyclic) bond motifs is 1. The summed E-state index contributed by atoms with van der Waals surface area (Å²) in [6.07, 6.45) is -14.8. The highest BCUT2D eigenvalue weighted by Crippen LogP contribution is 2.51. The van der Waals surface area contributed by atoms with Crippen molar-refractivity contribution < 1.29 is 73.6 Å². The molecule has 15 nitrogen and oxygen atoms in total. The summed E-state index contributed by atoms with van der Waals surface area (Å²) in [5, 5.41) is 72.0. The molecule has 0 radical (unpaired) electrons. The minimum atomic E-state index is -1.68. The molecular formula is C32H42O15. The molecule has 4 saturated heterocycles. The van der Waals surface area contributed by atoms with Crippen molar-refractivity contribution in [1.29, 1.82) is 0 Å². The van der Waals surface area contributed by atoms with Crippen molar-refractivity contribution in [3.8, 4) is 23.0 Å². The zero-order valence-corrected chi connectivity index (χ0v) is 26.1. The van der Waals surface area contributed by atoms with Gasteiger partial charge in [0.25, 0.3) is 0 Å². The van der Waals surface area contributed by atoms with Crippen molar-refractivity contribution in [2.75, 3.05) is 34.0 Å². The first-order valence-corrected chi connectivity index (χ1v) is 15.5. The number of phenolic OH excluding ortho intramolecular Hbond substituents is 1. The third-order valence-electron chi connectivity index (χ3n) is 9.46. The fourth-order valence-corrected chi connectivity index (χ4v) is 6.68. The van der Waals surface area contributed by atoms with Crippen molar-refractivity contribution in [3.05, 3.63) is 47.5 Å². The Bertz CT molecular complexity index is 1380. The van der Waals surface area contributed by atoms with Gasteiger partial charge in [0.1, 0.15) is 42.7 Å². The van der Waals surface area contributed by atoms with Gasteiger partial charge in [-0.15, -0.1) is 0 Å². The maximum atomic E-state index is 10.7. The monoisotopic (exact) mass is 666 g/mol. The molecule has 260 valence electrons. The summed E-state index contributed by atoms with van der Waals surface area (Å²) in [5.74, 6) is 1.00. The van der Waals surface area contributed by atoms with E-state index < -0.39 is 68.0 Å². The SMILES string of the molecule is COc1cc([C@@H]2OC[C@H]3[C@@H]2CO[C@@H]3c2ccc(O[C@@H]3O[C@H](CO[C@@H]4O[C@@H](C)[C@H](O)[C@@H](O)[C@H]4O)[C@@H](O)[C@H](O)[C@H]3O)c(OC)c2)ccc1O. The number of phenols is 1. The molecule has 4 aliphatic heterocycles. The Hall–Kier alpha value is -2.80. The lowest BCUT2D eigenvalue weighted by Gasteiger charge is -2.42. The maximum Gasteiger partial charge on any atom is 0.229 e. The number of aliphatic hydroxyl groups is 6. The fourth-order valence-electron chi connectivity index (χ4n) is 6.68. The second kappa shape index (κ2) is 14.0. The van der Waals surface area contributed by atoms with Gasteiger partial charge in [0.2, 0.25) is 6.29 Å². The van der Waals surface area contributed by atoms with E-state index in [1.165, 1.54) is 21.1 Å². The number of hydrogen-bond donors (Lipinski definition) is 7. The zero-order valence-electron chi connectivity index (χ0n) is 26.1. The van der Waals surface area contributed by atoms with Gasteiger partial charge in [-0.25, -0.2) is 0 Å². The van der Waals surface area contributed by atoms with Crippen LogP contribution < -0.4 is 14.2 Å². The Morgan fingerprint density at radius 3 is 1.87 bits per heavy atom. The first kappa shape index (κ1) is 34.1. The Morgan fingerprint density at radius 1 is 0.660 bits per heavy atom. The summed E-state index contributed by atoms with van der Waals surface area (Å²) < 4.78 is 45.9. The average molecular weight is 667 g/mol. The van der Waals surface area contributed by atoms with E-state index in [0.717, 1.165) is 11.1 Å². The Labute approximate surface area is 270 Å². The second-order valence-electron chi connectivity index (χ2n) is 12.3. The predicted octanol–water partition coefficient (Wildman–Crippen LogP) is -0.485. The van der Waals surface area contributed by atoms with Crippen LogP contribution in [0, 0.1) is 11.8 Å². The molecule has 2 aromatic carbocycles. The van der Waals surface area contributed by atoms with Crippen molar-refractivity contribution >= 4 is 0 Å². The second-order valence-corrected chi connectivity index (χ2v) is 12.3. The van der Waals surface area contributed by atoms with Gasteiger partial charge in [0.05, 0.1) is 52.4 Å². The molecule has 4 aliphatic rings. The van der Waals surface area contributed by atoms with E-state index in [9.17, 15) is 35.7 Å². The maximum absolute atomic E-state index is 10.7. The van der Waals surface area contributed by atoms with Crippen LogP contribution in [-0.2, 0) is 23.7 Å². The van der Waals surface area contributed by atoms with Crippen LogP contribution in [0.15, 0.2) is 36.4 Å². The number of methoxy groups -OCH3 is 2. The van der Waals surface area contributed by atoms with E-state index in [1.807, 2.05) is 6.07 Å². The summed E-state index contributed by atoms with van der Waals surface area (Å²) >= 11 is 0. The minimum absolute atomic E-state index is 0.0381. The quantitative estimate of drug-likeness (QED) is 0.180. The van der Waals surface area contributed by atoms with E-state index in [4.69, 9.17) is 37.9 Å². The Balaban J connectivity index is 1.12. The third kappa shape index (κ3) is 6.50. The van der Waals surface area contributed by atoms with Crippen molar-refractivity contribution in [2.45, 2.75) is 80.5 Å². The molecule has 47 heavy (non-hydrogen) atoms. The van der Waals surface area contributed by atoms with Gasteiger partial charge >= 0.3 is 0 Å². The molecule has 6 rings (SSSR count). The summed E-state index contributed by atoms with van der Waals surface area (Å²) in [6.45, 7) is 1.99. The molecule has 15 heteroatoms. The van der Waals surface area contributed by atoms with Crippen LogP contribution in [0.3, 0.4) is 0 Å². The summed E-state index contributed by atoms with van der Waals surface area (Å²) in [6, 6.07) is 10.3. The molecule has 0 bridgehead atoms. The number of aromatic hydroxyl groups is 1. The number of aliphatic hydroxyl groups excluding tert-OH is 6. The molecule has 0 aliphatic carbocycles. The van der Waals surface area contributed by atoms with Gasteiger partial charge in [-0.2, -0.15) is 0 Å². The highest BCUT2D eigenvalue weighted by Gasteiger charge is 2.49. The van der Waals surface area contributed by atoms with Gasteiger partial charge in [-0.1, -0.05) is 12.1 Å². The van der Waals surface area contributed by atoms with Crippen LogP contribution >= 0.6 is 0 Å². The van der Waals surface area contributed by atoms with Gasteiger partial charge in [-0.05, 0) is 42.3 Å². The molecule has 0 spiro atoms. The highest BCUT2D eigenvalue weighted by molar-refractivity contribution is 5.45. The standard InChI is InChI=1S/C32H42O15/c1-13-23(34)25(36)27(38)31(45-13)44-12-22-24(35)26(37)28(39)32(47-22)46-19-7-5-15(9-21(19)41-3)30-17-11-42-29(16(17)10-43-30)14-4-6-18(33)20(8-14)40-2/h4-9,13,16-17,22-39H,10-12H2,1-3H3/t13-,16-,17-,22+,23-,24+,25+,26-,27+,28+,29-,30+,31+,32+/m0/s1. The van der Waals surface area contributed by atoms with Crippen molar-refractivity contribution in [1.82, 2.24) is 0 Å². The van der Waals surface area contributed by atoms with Crippen LogP contribution in [0.1, 0.15) is 30.3 Å². The van der Waals surface area contributed by atoms with Crippen LogP contribution in [0.4, 0.5) is 0 Å². The normalized spacial score (nSPS) is 40.2. The van der Waals surface area contributed by atoms with Crippen molar-refractivity contribution in [2.24, 2.45) is 11.8 Å². The van der Waals surface area contributed by atoms with E-state index in [2.05, 4.69) is 0 Å². The van der Waals surface area contributed by atoms with Crippen LogP contribution in [0.5, 0.6) is 23.0 Å². The molecule has 0 amide bonds. The highest BCUT2D eigenvalue weighted by atomic mass is 16.7. The molecule has 0 aromatic heterocycles. The molecule has 2 aromatic rings. The van der Waals surface area contributed by atoms with E-state index in [0.29, 0.717) is 24.7 Å². The lowest BCUT2D eigenvalue weighted by Crippen LogP contribution is -2.61. The van der Waals surface area contributed by atoms with Gasteiger partial charge in [0.15, 0.2) is 29.3 Å². The lowest BCUT2D eigenvalue weighted by atomic mass is 9.85. The van der Waals surface area contributed by atoms with E-state index in [1.54, 1.807) is 30.3 Å². The summed E-state index contributed by atoms with van der Waals surface area (Å²) in [5.41, 5.74) is 1.70. The van der Waals surface area contributed by atoms with Gasteiger partial charge in [0, 0.05) is 11.8 Å². The van der Waals surface area contributed by atoms with Gasteiger partial charge in [-0.3, -0.25) is 0 Å². The Morgan fingerprint density at radius 2 is 1.23 bits per heavy atom. The number of hydrogen-bond acceptors (Lipinski definition) is 15. The number of rotatable bonds is 9. The fraction of sp³-hybridized carbons (Fsp3) is 0.625. The number of benzene rings is 2. The lowest BCUT2D eigenvalue weighted by molar-refractivity contribution is -0.318. The summed E-state index contributed by atoms with van der Waals surface area (Å²) in [7, 11) is 2.94. The molecule has 0 unspecified atom stereocenters. The first-order chi connectivity index (χ1) is 22.5. The third-order valence-corrected chi connectivity index (χ3v) is 9.46. The molecule has 4 fully saturated rings. The van der Waals surface area contributed by atoms with Crippen molar-refractivity contribution in [3.63, 3.8) is 0 Å². The summed E-state index contributed by atoms with van der Waals surface area (Å²) in [4.78, 5) is 0. The van der Waals surface area contributed by atoms with E-state index in [-0.39, 0.29) is 35.5 Å². The molecule has 7 N–H and O–H groups in total. The molecular weight excluding hydrogens is 624 g/mol. The topological polar surface area (TPSA) is 215 Å². The predicted molar refractivity (Wildman–Crippen MR) is 158 cm³/mol.